The lowest BCUT2D eigenvalue weighted by Gasteiger charge is -2.08. The Bertz CT molecular complexity index is 599. The van der Waals surface area contributed by atoms with Crippen LogP contribution in [0.2, 0.25) is 5.02 Å². The maximum Gasteiger partial charge on any atom is 0.270 e. The van der Waals surface area contributed by atoms with Gasteiger partial charge in [-0.2, -0.15) is 0 Å². The van der Waals surface area contributed by atoms with Crippen LogP contribution in [0.15, 0.2) is 42.5 Å². The Labute approximate surface area is 109 Å². The zero-order valence-electron chi connectivity index (χ0n) is 9.47. The van der Waals surface area contributed by atoms with Crippen LogP contribution in [-0.2, 0) is 6.54 Å². The third-order valence-corrected chi connectivity index (χ3v) is 2.89. The van der Waals surface area contributed by atoms with Crippen molar-refractivity contribution in [3.05, 3.63) is 63.2 Å². The van der Waals surface area contributed by atoms with Gasteiger partial charge in [0, 0.05) is 23.7 Å². The van der Waals surface area contributed by atoms with Crippen LogP contribution in [0.3, 0.4) is 0 Å². The third-order valence-electron chi connectivity index (χ3n) is 2.66. The van der Waals surface area contributed by atoms with Crippen LogP contribution in [0.1, 0.15) is 5.56 Å². The van der Waals surface area contributed by atoms with Crippen LogP contribution < -0.4 is 5.73 Å². The summed E-state index contributed by atoms with van der Waals surface area (Å²) >= 11 is 5.90. The van der Waals surface area contributed by atoms with Gasteiger partial charge in [-0.3, -0.25) is 10.1 Å². The normalized spacial score (nSPS) is 10.3. The molecule has 0 fully saturated rings. The average Bonchev–Trinajstić information content (AvgIpc) is 2.38. The Kier molecular flexibility index (Phi) is 3.60. The smallest absolute Gasteiger partial charge is 0.270 e. The average molecular weight is 263 g/mol. The molecule has 2 N–H and O–H groups in total. The summed E-state index contributed by atoms with van der Waals surface area (Å²) < 4.78 is 0. The summed E-state index contributed by atoms with van der Waals surface area (Å²) in [5.74, 6) is 0. The number of benzene rings is 2. The predicted octanol–water partition coefficient (Wildman–Crippen LogP) is 3.37. The van der Waals surface area contributed by atoms with Gasteiger partial charge in [0.25, 0.3) is 5.69 Å². The molecule has 0 saturated heterocycles. The first-order valence-corrected chi connectivity index (χ1v) is 5.73. The molecule has 0 aliphatic heterocycles. The fourth-order valence-corrected chi connectivity index (χ4v) is 1.99. The number of nitrogens with two attached hydrogens (primary N) is 1. The van der Waals surface area contributed by atoms with Gasteiger partial charge >= 0.3 is 0 Å². The van der Waals surface area contributed by atoms with E-state index in [1.807, 2.05) is 12.1 Å². The molecule has 0 heterocycles. The topological polar surface area (TPSA) is 69.2 Å². The molecule has 0 spiro atoms. The Morgan fingerprint density at radius 2 is 2.00 bits per heavy atom. The number of rotatable bonds is 3. The lowest BCUT2D eigenvalue weighted by molar-refractivity contribution is -0.384. The summed E-state index contributed by atoms with van der Waals surface area (Å²) in [6.07, 6.45) is 0. The molecule has 0 bridgehead atoms. The van der Waals surface area contributed by atoms with Crippen LogP contribution in [-0.4, -0.2) is 4.92 Å². The molecular formula is C13H11ClN2O2. The van der Waals surface area contributed by atoms with Crippen LogP contribution in [0, 0.1) is 10.1 Å². The van der Waals surface area contributed by atoms with Gasteiger partial charge in [-0.15, -0.1) is 0 Å². The first kappa shape index (κ1) is 12.5. The summed E-state index contributed by atoms with van der Waals surface area (Å²) in [7, 11) is 0. The maximum absolute atomic E-state index is 10.8. The Balaban J connectivity index is 2.54. The van der Waals surface area contributed by atoms with Crippen molar-refractivity contribution in [1.82, 2.24) is 0 Å². The van der Waals surface area contributed by atoms with Crippen molar-refractivity contribution < 1.29 is 4.92 Å². The van der Waals surface area contributed by atoms with Gasteiger partial charge in [0.15, 0.2) is 0 Å². The van der Waals surface area contributed by atoms with Gasteiger partial charge in [-0.1, -0.05) is 29.8 Å². The molecule has 2 aromatic rings. The Morgan fingerprint density at radius 3 is 2.67 bits per heavy atom. The number of nitro groups is 1. The summed E-state index contributed by atoms with van der Waals surface area (Å²) in [4.78, 5) is 10.3. The number of nitrogens with zero attached hydrogens (tertiary/aromatic N) is 1. The van der Waals surface area contributed by atoms with Crippen molar-refractivity contribution in [2.45, 2.75) is 6.54 Å². The van der Waals surface area contributed by atoms with E-state index in [0.717, 1.165) is 16.7 Å². The predicted molar refractivity (Wildman–Crippen MR) is 71.4 cm³/mol. The lowest BCUT2D eigenvalue weighted by Crippen LogP contribution is -1.99. The van der Waals surface area contributed by atoms with Crippen molar-refractivity contribution in [1.29, 1.82) is 0 Å². The molecule has 0 amide bonds. The van der Waals surface area contributed by atoms with Crippen molar-refractivity contribution >= 4 is 17.3 Å². The van der Waals surface area contributed by atoms with Crippen LogP contribution >= 0.6 is 11.6 Å². The minimum Gasteiger partial charge on any atom is -0.326 e. The van der Waals surface area contributed by atoms with Gasteiger partial charge in [-0.05, 0) is 28.8 Å². The van der Waals surface area contributed by atoms with Crippen molar-refractivity contribution in [2.24, 2.45) is 5.73 Å². The van der Waals surface area contributed by atoms with E-state index in [0.29, 0.717) is 11.6 Å². The quantitative estimate of drug-likeness (QED) is 0.681. The van der Waals surface area contributed by atoms with Gasteiger partial charge in [0.1, 0.15) is 0 Å². The monoisotopic (exact) mass is 262 g/mol. The van der Waals surface area contributed by atoms with Gasteiger partial charge < -0.3 is 5.73 Å². The minimum atomic E-state index is -0.415. The lowest BCUT2D eigenvalue weighted by atomic mass is 9.99. The van der Waals surface area contributed by atoms with E-state index < -0.39 is 4.92 Å². The highest BCUT2D eigenvalue weighted by Crippen LogP contribution is 2.28. The van der Waals surface area contributed by atoms with Gasteiger partial charge in [-0.25, -0.2) is 0 Å². The van der Waals surface area contributed by atoms with E-state index in [4.69, 9.17) is 17.3 Å². The largest absolute Gasteiger partial charge is 0.326 e. The molecule has 0 aromatic heterocycles. The third kappa shape index (κ3) is 2.50. The van der Waals surface area contributed by atoms with Crippen LogP contribution in [0.4, 0.5) is 5.69 Å². The Morgan fingerprint density at radius 1 is 1.22 bits per heavy atom. The molecule has 92 valence electrons. The molecular weight excluding hydrogens is 252 g/mol. The standard InChI is InChI=1S/C13H11ClN2O2/c14-11-4-5-13(10(6-11)8-15)9-2-1-3-12(7-9)16(17)18/h1-7H,8,15H2. The van der Waals surface area contributed by atoms with E-state index >= 15 is 0 Å². The van der Waals surface area contributed by atoms with E-state index in [1.165, 1.54) is 12.1 Å². The molecule has 4 nitrogen and oxygen atoms in total. The van der Waals surface area contributed by atoms with E-state index in [9.17, 15) is 10.1 Å². The summed E-state index contributed by atoms with van der Waals surface area (Å²) in [6.45, 7) is 0.332. The van der Waals surface area contributed by atoms with Gasteiger partial charge in [0.2, 0.25) is 0 Å². The van der Waals surface area contributed by atoms with Crippen molar-refractivity contribution in [3.63, 3.8) is 0 Å². The number of halogens is 1. The number of non-ortho nitro benzene ring substituents is 1. The van der Waals surface area contributed by atoms with Crippen molar-refractivity contribution in [3.8, 4) is 11.1 Å². The molecule has 0 radical (unpaired) electrons. The zero-order valence-corrected chi connectivity index (χ0v) is 10.2. The number of nitro benzene ring substituents is 1. The SMILES string of the molecule is NCc1cc(Cl)ccc1-c1cccc([N+](=O)[O-])c1. The summed E-state index contributed by atoms with van der Waals surface area (Å²) in [5, 5.41) is 11.4. The second-order valence-corrected chi connectivity index (χ2v) is 4.25. The molecule has 18 heavy (non-hydrogen) atoms. The highest BCUT2D eigenvalue weighted by molar-refractivity contribution is 6.30. The van der Waals surface area contributed by atoms with E-state index in [-0.39, 0.29) is 5.69 Å². The first-order chi connectivity index (χ1) is 8.61. The number of hydrogen-bond acceptors (Lipinski definition) is 3. The molecule has 5 heteroatoms. The molecule has 2 aromatic carbocycles. The molecule has 0 unspecified atom stereocenters. The van der Waals surface area contributed by atoms with Gasteiger partial charge in [0.05, 0.1) is 4.92 Å². The van der Waals surface area contributed by atoms with E-state index in [1.54, 1.807) is 18.2 Å². The minimum absolute atomic E-state index is 0.0606. The molecule has 0 aliphatic rings. The summed E-state index contributed by atoms with van der Waals surface area (Å²) in [6, 6.07) is 11.8. The fraction of sp³-hybridized carbons (Fsp3) is 0.0769. The van der Waals surface area contributed by atoms with Crippen LogP contribution in [0.5, 0.6) is 0 Å². The Hall–Kier alpha value is -1.91. The fourth-order valence-electron chi connectivity index (χ4n) is 1.80. The first-order valence-electron chi connectivity index (χ1n) is 5.35. The summed E-state index contributed by atoms with van der Waals surface area (Å²) in [5.41, 5.74) is 8.22. The highest BCUT2D eigenvalue weighted by atomic mass is 35.5. The maximum atomic E-state index is 10.8. The molecule has 0 saturated carbocycles. The van der Waals surface area contributed by atoms with E-state index in [2.05, 4.69) is 0 Å². The second-order valence-electron chi connectivity index (χ2n) is 3.81. The molecule has 2 rings (SSSR count). The highest BCUT2D eigenvalue weighted by Gasteiger charge is 2.09. The zero-order chi connectivity index (χ0) is 13.1. The van der Waals surface area contributed by atoms with Crippen molar-refractivity contribution in [2.75, 3.05) is 0 Å². The van der Waals surface area contributed by atoms with Crippen LogP contribution in [0.25, 0.3) is 11.1 Å². The molecule has 0 aliphatic carbocycles. The molecule has 0 atom stereocenters. The number of hydrogen-bond donors (Lipinski definition) is 1. The second kappa shape index (κ2) is 5.16.